The van der Waals surface area contributed by atoms with Crippen molar-refractivity contribution in [3.8, 4) is 0 Å². The van der Waals surface area contributed by atoms with E-state index in [1.807, 2.05) is 67.7 Å². The van der Waals surface area contributed by atoms with Crippen molar-refractivity contribution in [2.75, 3.05) is 0 Å². The first-order chi connectivity index (χ1) is 16.7. The molecular formula is C27H24N4O2S. The second kappa shape index (κ2) is 9.97. The van der Waals surface area contributed by atoms with Crippen molar-refractivity contribution in [3.63, 3.8) is 0 Å². The van der Waals surface area contributed by atoms with E-state index in [9.17, 15) is 4.79 Å². The number of carbonyl (C=O) groups excluding carboxylic acids is 1. The molecule has 2 aromatic carbocycles. The lowest BCUT2D eigenvalue weighted by Gasteiger charge is -2.09. The molecule has 0 aliphatic heterocycles. The summed E-state index contributed by atoms with van der Waals surface area (Å²) in [6.07, 6.45) is 3.52. The van der Waals surface area contributed by atoms with Gasteiger partial charge in [0.15, 0.2) is 0 Å². The van der Waals surface area contributed by atoms with Crippen LogP contribution in [0.2, 0.25) is 0 Å². The summed E-state index contributed by atoms with van der Waals surface area (Å²) in [6.45, 7) is 2.24. The van der Waals surface area contributed by atoms with Gasteiger partial charge in [0.1, 0.15) is 11.5 Å². The van der Waals surface area contributed by atoms with Crippen molar-refractivity contribution in [2.45, 2.75) is 36.1 Å². The van der Waals surface area contributed by atoms with Crippen molar-refractivity contribution in [1.29, 1.82) is 0 Å². The molecule has 0 saturated carbocycles. The fourth-order valence-corrected chi connectivity index (χ4v) is 4.79. The van der Waals surface area contributed by atoms with E-state index in [1.165, 1.54) is 0 Å². The molecule has 0 atom stereocenters. The van der Waals surface area contributed by atoms with Gasteiger partial charge in [-0.15, -0.1) is 0 Å². The maximum atomic E-state index is 12.9. The van der Waals surface area contributed by atoms with Crippen LogP contribution in [0, 0.1) is 6.92 Å². The van der Waals surface area contributed by atoms with Gasteiger partial charge in [-0.25, -0.2) is 0 Å². The monoisotopic (exact) mass is 468 g/mol. The Morgan fingerprint density at radius 1 is 1.03 bits per heavy atom. The number of benzene rings is 2. The van der Waals surface area contributed by atoms with Crippen LogP contribution in [0.1, 0.15) is 33.3 Å². The number of hydrogen-bond acceptors (Lipinski definition) is 5. The largest absolute Gasteiger partial charge is 0.465 e. The predicted molar refractivity (Wildman–Crippen MR) is 133 cm³/mol. The molecule has 34 heavy (non-hydrogen) atoms. The van der Waals surface area contributed by atoms with Crippen LogP contribution in [0.3, 0.4) is 0 Å². The minimum absolute atomic E-state index is 0.130. The molecule has 0 saturated heterocycles. The normalized spacial score (nSPS) is 11.1. The minimum Gasteiger partial charge on any atom is -0.465 e. The summed E-state index contributed by atoms with van der Waals surface area (Å²) in [7, 11) is 0. The summed E-state index contributed by atoms with van der Waals surface area (Å²) in [4.78, 5) is 19.2. The smallest absolute Gasteiger partial charge is 0.252 e. The molecule has 5 aromatic rings. The Kier molecular flexibility index (Phi) is 6.44. The minimum atomic E-state index is -0.130. The van der Waals surface area contributed by atoms with Gasteiger partial charge in [0.05, 0.1) is 17.6 Å². The zero-order chi connectivity index (χ0) is 23.3. The molecule has 2 N–H and O–H groups in total. The number of pyridine rings is 1. The number of hydrogen-bond donors (Lipinski definition) is 2. The first kappa shape index (κ1) is 22.0. The van der Waals surface area contributed by atoms with E-state index >= 15 is 0 Å². The molecule has 6 nitrogen and oxygen atoms in total. The average Bonchev–Trinajstić information content (AvgIpc) is 3.47. The number of nitrogens with zero attached hydrogens (tertiary/aromatic N) is 2. The van der Waals surface area contributed by atoms with Crippen LogP contribution in [0.25, 0.3) is 10.9 Å². The fourth-order valence-electron chi connectivity index (χ4n) is 3.81. The van der Waals surface area contributed by atoms with E-state index in [2.05, 4.69) is 38.7 Å². The highest BCUT2D eigenvalue weighted by atomic mass is 32.2. The molecule has 7 heteroatoms. The number of amides is 1. The van der Waals surface area contributed by atoms with E-state index in [1.54, 1.807) is 11.8 Å². The lowest BCUT2D eigenvalue weighted by Crippen LogP contribution is -2.23. The summed E-state index contributed by atoms with van der Waals surface area (Å²) in [6, 6.07) is 23.6. The summed E-state index contributed by atoms with van der Waals surface area (Å²) >= 11 is 1.55. The Balaban J connectivity index is 1.29. The van der Waals surface area contributed by atoms with Gasteiger partial charge < -0.3 is 9.73 Å². The first-order valence-electron chi connectivity index (χ1n) is 11.1. The average molecular weight is 469 g/mol. The second-order valence-electron chi connectivity index (χ2n) is 8.00. The van der Waals surface area contributed by atoms with Gasteiger partial charge in [0.2, 0.25) is 0 Å². The third kappa shape index (κ3) is 5.05. The quantitative estimate of drug-likeness (QED) is 0.304. The molecule has 170 valence electrons. The van der Waals surface area contributed by atoms with E-state index < -0.39 is 0 Å². The Morgan fingerprint density at radius 3 is 2.74 bits per heavy atom. The standard InChI is InChI=1S/C27H24N4O2S/c1-18-9-11-20(33-18)17-29-27(32)23-7-2-3-8-26(23)34-21-12-13-22-24(30-31-25(22)16-21)14-10-19-6-4-5-15-28-19/h2-9,11-13,15-16H,10,14,17H2,1H3,(H,29,32)(H,30,31). The van der Waals surface area contributed by atoms with E-state index in [0.29, 0.717) is 12.1 Å². The van der Waals surface area contributed by atoms with Crippen molar-refractivity contribution in [3.05, 3.63) is 107 Å². The number of fused-ring (bicyclic) bond motifs is 1. The SMILES string of the molecule is Cc1ccc(CNC(=O)c2ccccc2Sc2ccc3c(CCc4ccccn4)[nH]nc3c2)o1. The zero-order valence-electron chi connectivity index (χ0n) is 18.7. The number of nitrogens with one attached hydrogen (secondary N) is 2. The molecule has 0 fully saturated rings. The van der Waals surface area contributed by atoms with Gasteiger partial charge in [-0.05, 0) is 74.4 Å². The van der Waals surface area contributed by atoms with Gasteiger partial charge in [0, 0.05) is 32.8 Å². The molecule has 3 heterocycles. The molecule has 0 aliphatic carbocycles. The molecule has 1 amide bonds. The highest BCUT2D eigenvalue weighted by molar-refractivity contribution is 7.99. The highest BCUT2D eigenvalue weighted by Crippen LogP contribution is 2.33. The van der Waals surface area contributed by atoms with Crippen LogP contribution in [0.4, 0.5) is 0 Å². The lowest BCUT2D eigenvalue weighted by atomic mass is 10.1. The van der Waals surface area contributed by atoms with Gasteiger partial charge in [-0.1, -0.05) is 30.0 Å². The van der Waals surface area contributed by atoms with Crippen LogP contribution in [0.15, 0.2) is 93.2 Å². The Bertz CT molecular complexity index is 1430. The third-order valence-corrected chi connectivity index (χ3v) is 6.61. The van der Waals surface area contributed by atoms with E-state index in [-0.39, 0.29) is 5.91 Å². The molecule has 5 rings (SSSR count). The number of aromatic nitrogens is 3. The summed E-state index contributed by atoms with van der Waals surface area (Å²) < 4.78 is 5.55. The number of aryl methyl sites for hydroxylation is 3. The first-order valence-corrected chi connectivity index (χ1v) is 11.9. The van der Waals surface area contributed by atoms with Gasteiger partial charge >= 0.3 is 0 Å². The third-order valence-electron chi connectivity index (χ3n) is 5.54. The molecule has 0 bridgehead atoms. The maximum Gasteiger partial charge on any atom is 0.252 e. The van der Waals surface area contributed by atoms with Crippen molar-refractivity contribution in [2.24, 2.45) is 0 Å². The summed E-state index contributed by atoms with van der Waals surface area (Å²) in [5.74, 6) is 1.43. The molecule has 0 radical (unpaired) electrons. The number of aromatic amines is 1. The summed E-state index contributed by atoms with van der Waals surface area (Å²) in [5.41, 5.74) is 3.71. The summed E-state index contributed by atoms with van der Waals surface area (Å²) in [5, 5.41) is 11.7. The van der Waals surface area contributed by atoms with Crippen molar-refractivity contribution < 1.29 is 9.21 Å². The molecule has 0 unspecified atom stereocenters. The lowest BCUT2D eigenvalue weighted by molar-refractivity contribution is 0.0945. The van der Waals surface area contributed by atoms with Gasteiger partial charge in [-0.3, -0.25) is 14.9 Å². The van der Waals surface area contributed by atoms with Gasteiger partial charge in [-0.2, -0.15) is 5.10 Å². The maximum absolute atomic E-state index is 12.9. The topological polar surface area (TPSA) is 83.8 Å². The van der Waals surface area contributed by atoms with Gasteiger partial charge in [0.25, 0.3) is 5.91 Å². The van der Waals surface area contributed by atoms with Crippen molar-refractivity contribution in [1.82, 2.24) is 20.5 Å². The van der Waals surface area contributed by atoms with Crippen LogP contribution in [-0.4, -0.2) is 21.1 Å². The Hall–Kier alpha value is -3.84. The highest BCUT2D eigenvalue weighted by Gasteiger charge is 2.14. The predicted octanol–water partition coefficient (Wildman–Crippen LogP) is 5.73. The molecule has 0 spiro atoms. The number of rotatable bonds is 8. The Morgan fingerprint density at radius 2 is 1.91 bits per heavy atom. The molecule has 0 aliphatic rings. The second-order valence-corrected chi connectivity index (χ2v) is 9.11. The van der Waals surface area contributed by atoms with E-state index in [4.69, 9.17) is 4.42 Å². The number of H-pyrrole nitrogens is 1. The number of furan rings is 1. The van der Waals surface area contributed by atoms with Crippen LogP contribution in [0.5, 0.6) is 0 Å². The van der Waals surface area contributed by atoms with Crippen LogP contribution in [-0.2, 0) is 19.4 Å². The van der Waals surface area contributed by atoms with Crippen LogP contribution >= 0.6 is 11.8 Å². The van der Waals surface area contributed by atoms with Crippen molar-refractivity contribution >= 4 is 28.6 Å². The Labute approximate surface area is 201 Å². The zero-order valence-corrected chi connectivity index (χ0v) is 19.6. The number of carbonyl (C=O) groups is 1. The van der Waals surface area contributed by atoms with E-state index in [0.717, 1.165) is 56.4 Å². The molecule has 3 aromatic heterocycles. The molecular weight excluding hydrogens is 444 g/mol. The van der Waals surface area contributed by atoms with Crippen LogP contribution < -0.4 is 5.32 Å². The fraction of sp³-hybridized carbons (Fsp3) is 0.148.